The third-order valence-electron chi connectivity index (χ3n) is 3.01. The Balaban J connectivity index is 2.57. The number of fused-ring (bicyclic) bond motifs is 2. The van der Waals surface area contributed by atoms with Gasteiger partial charge in [-0.1, -0.05) is 24.3 Å². The molecule has 1 amide bonds. The highest BCUT2D eigenvalue weighted by molar-refractivity contribution is 6.15. The summed E-state index contributed by atoms with van der Waals surface area (Å²) >= 11 is 0. The summed E-state index contributed by atoms with van der Waals surface area (Å²) in [5.41, 5.74) is 14.0. The Bertz CT molecular complexity index is 780. The molecule has 0 aliphatic carbocycles. The Morgan fingerprint density at radius 3 is 2.50 bits per heavy atom. The summed E-state index contributed by atoms with van der Waals surface area (Å²) in [5.74, 6) is -0.496. The van der Waals surface area contributed by atoms with Crippen molar-refractivity contribution >= 4 is 33.4 Å². The number of anilines is 1. The smallest absolute Gasteiger partial charge is 0.249 e. The fourth-order valence-corrected chi connectivity index (χ4v) is 2.19. The number of pyridine rings is 1. The molecule has 1 heterocycles. The Kier molecular flexibility index (Phi) is 2.16. The molecule has 3 rings (SSSR count). The maximum atomic E-state index is 11.4. The van der Waals surface area contributed by atoms with E-state index in [1.165, 1.54) is 0 Å². The van der Waals surface area contributed by atoms with Gasteiger partial charge in [0.1, 0.15) is 0 Å². The topological polar surface area (TPSA) is 82.0 Å². The van der Waals surface area contributed by atoms with Crippen LogP contribution < -0.4 is 11.5 Å². The number of nitrogens with two attached hydrogens (primary N) is 2. The third kappa shape index (κ3) is 1.39. The second kappa shape index (κ2) is 3.70. The Hall–Kier alpha value is -2.62. The molecule has 0 bridgehead atoms. The van der Waals surface area contributed by atoms with E-state index in [1.807, 2.05) is 30.3 Å². The number of amides is 1. The van der Waals surface area contributed by atoms with E-state index < -0.39 is 5.91 Å². The van der Waals surface area contributed by atoms with Gasteiger partial charge in [-0.3, -0.25) is 4.79 Å². The number of primary amides is 1. The fraction of sp³-hybridized carbons (Fsp3) is 0. The van der Waals surface area contributed by atoms with Crippen molar-refractivity contribution in [2.45, 2.75) is 0 Å². The van der Waals surface area contributed by atoms with E-state index in [1.54, 1.807) is 12.1 Å². The van der Waals surface area contributed by atoms with Crippen LogP contribution in [0, 0.1) is 0 Å². The summed E-state index contributed by atoms with van der Waals surface area (Å²) in [5, 5.41) is 1.46. The van der Waals surface area contributed by atoms with Crippen molar-refractivity contribution in [2.75, 3.05) is 5.73 Å². The molecule has 0 radical (unpaired) electrons. The average Bonchev–Trinajstić information content (AvgIpc) is 2.38. The van der Waals surface area contributed by atoms with Gasteiger partial charge in [0.05, 0.1) is 22.3 Å². The highest BCUT2D eigenvalue weighted by Crippen LogP contribution is 2.30. The highest BCUT2D eigenvalue weighted by atomic mass is 16.1. The largest absolute Gasteiger partial charge is 0.398 e. The van der Waals surface area contributed by atoms with Gasteiger partial charge in [-0.2, -0.15) is 0 Å². The molecule has 0 saturated carbocycles. The van der Waals surface area contributed by atoms with Crippen LogP contribution >= 0.6 is 0 Å². The van der Waals surface area contributed by atoms with E-state index in [4.69, 9.17) is 11.5 Å². The average molecular weight is 237 g/mol. The molecule has 0 unspecified atom stereocenters. The molecule has 0 spiro atoms. The minimum absolute atomic E-state index is 0.406. The van der Waals surface area contributed by atoms with Gasteiger partial charge in [-0.05, 0) is 18.2 Å². The number of hydrogen-bond acceptors (Lipinski definition) is 3. The molecule has 88 valence electrons. The number of hydrogen-bond donors (Lipinski definition) is 2. The SMILES string of the molecule is NC(=O)c1cccc2nc3ccccc3c(N)c12. The lowest BCUT2D eigenvalue weighted by molar-refractivity contribution is 0.100. The number of nitrogen functional groups attached to an aromatic ring is 1. The predicted octanol–water partition coefficient (Wildman–Crippen LogP) is 2.07. The lowest BCUT2D eigenvalue weighted by atomic mass is 10.0. The second-order valence-electron chi connectivity index (χ2n) is 4.11. The van der Waals surface area contributed by atoms with Gasteiger partial charge in [0.2, 0.25) is 5.91 Å². The van der Waals surface area contributed by atoms with Gasteiger partial charge in [0.15, 0.2) is 0 Å². The van der Waals surface area contributed by atoms with Gasteiger partial charge in [-0.25, -0.2) is 4.98 Å². The summed E-state index contributed by atoms with van der Waals surface area (Å²) in [4.78, 5) is 15.9. The molecule has 1 aromatic heterocycles. The molecule has 0 aliphatic heterocycles. The van der Waals surface area contributed by atoms with Gasteiger partial charge in [0, 0.05) is 10.8 Å². The molecular formula is C14H11N3O. The summed E-state index contributed by atoms with van der Waals surface area (Å²) < 4.78 is 0. The van der Waals surface area contributed by atoms with Gasteiger partial charge in [0.25, 0.3) is 0 Å². The van der Waals surface area contributed by atoms with Gasteiger partial charge < -0.3 is 11.5 Å². The van der Waals surface area contributed by atoms with E-state index in [0.29, 0.717) is 22.2 Å². The van der Waals surface area contributed by atoms with Crippen molar-refractivity contribution in [3.8, 4) is 0 Å². The first-order valence-corrected chi connectivity index (χ1v) is 5.55. The zero-order valence-electron chi connectivity index (χ0n) is 9.55. The van der Waals surface area contributed by atoms with Crippen LogP contribution in [-0.2, 0) is 0 Å². The van der Waals surface area contributed by atoms with E-state index in [-0.39, 0.29) is 0 Å². The summed E-state index contributed by atoms with van der Waals surface area (Å²) in [6.07, 6.45) is 0. The maximum Gasteiger partial charge on any atom is 0.249 e. The first kappa shape index (κ1) is 10.5. The van der Waals surface area contributed by atoms with Crippen LogP contribution in [0.3, 0.4) is 0 Å². The quantitative estimate of drug-likeness (QED) is 0.635. The molecule has 3 aromatic rings. The molecule has 0 saturated heterocycles. The van der Waals surface area contributed by atoms with Crippen LogP contribution in [0.4, 0.5) is 5.69 Å². The molecule has 4 N–H and O–H groups in total. The minimum Gasteiger partial charge on any atom is -0.398 e. The van der Waals surface area contributed by atoms with Crippen molar-refractivity contribution in [1.82, 2.24) is 4.98 Å². The van der Waals surface area contributed by atoms with E-state index in [0.717, 1.165) is 10.9 Å². The number of aromatic nitrogens is 1. The molecule has 4 nitrogen and oxygen atoms in total. The fourth-order valence-electron chi connectivity index (χ4n) is 2.19. The number of carbonyl (C=O) groups excluding carboxylic acids is 1. The lowest BCUT2D eigenvalue weighted by Crippen LogP contribution is -2.12. The van der Waals surface area contributed by atoms with Crippen LogP contribution in [0.25, 0.3) is 21.8 Å². The number of carbonyl (C=O) groups is 1. The van der Waals surface area contributed by atoms with Gasteiger partial charge in [-0.15, -0.1) is 0 Å². The first-order chi connectivity index (χ1) is 8.68. The number of benzene rings is 2. The first-order valence-electron chi connectivity index (χ1n) is 5.55. The van der Waals surface area contributed by atoms with E-state index in [2.05, 4.69) is 4.98 Å². The molecule has 18 heavy (non-hydrogen) atoms. The standard InChI is InChI=1S/C14H11N3O/c15-13-8-4-1-2-6-10(8)17-11-7-3-5-9(12(11)13)14(16)18/h1-7H,(H2,15,17)(H2,16,18). The normalized spacial score (nSPS) is 10.9. The zero-order chi connectivity index (χ0) is 12.7. The number of nitrogens with zero attached hydrogens (tertiary/aromatic N) is 1. The van der Waals surface area contributed by atoms with Crippen molar-refractivity contribution in [2.24, 2.45) is 5.73 Å². The van der Waals surface area contributed by atoms with Crippen molar-refractivity contribution in [3.63, 3.8) is 0 Å². The number of para-hydroxylation sites is 1. The van der Waals surface area contributed by atoms with Gasteiger partial charge >= 0.3 is 0 Å². The molecule has 2 aromatic carbocycles. The van der Waals surface area contributed by atoms with Crippen molar-refractivity contribution < 1.29 is 4.79 Å². The summed E-state index contributed by atoms with van der Waals surface area (Å²) in [6, 6.07) is 12.8. The summed E-state index contributed by atoms with van der Waals surface area (Å²) in [6.45, 7) is 0. The molecular weight excluding hydrogens is 226 g/mol. The van der Waals surface area contributed by atoms with E-state index in [9.17, 15) is 4.79 Å². The Morgan fingerprint density at radius 1 is 1.00 bits per heavy atom. The van der Waals surface area contributed by atoms with Crippen LogP contribution in [-0.4, -0.2) is 10.9 Å². The monoisotopic (exact) mass is 237 g/mol. The van der Waals surface area contributed by atoms with Crippen LogP contribution in [0.5, 0.6) is 0 Å². The Morgan fingerprint density at radius 2 is 1.72 bits per heavy atom. The van der Waals surface area contributed by atoms with Crippen molar-refractivity contribution in [1.29, 1.82) is 0 Å². The molecule has 4 heteroatoms. The van der Waals surface area contributed by atoms with Crippen molar-refractivity contribution in [3.05, 3.63) is 48.0 Å². The zero-order valence-corrected chi connectivity index (χ0v) is 9.55. The summed E-state index contributed by atoms with van der Waals surface area (Å²) in [7, 11) is 0. The predicted molar refractivity (Wildman–Crippen MR) is 72.2 cm³/mol. The van der Waals surface area contributed by atoms with Crippen LogP contribution in [0.15, 0.2) is 42.5 Å². The van der Waals surface area contributed by atoms with Crippen LogP contribution in [0.2, 0.25) is 0 Å². The maximum absolute atomic E-state index is 11.4. The lowest BCUT2D eigenvalue weighted by Gasteiger charge is -2.09. The molecule has 0 fully saturated rings. The number of rotatable bonds is 1. The molecule has 0 atom stereocenters. The van der Waals surface area contributed by atoms with E-state index >= 15 is 0 Å². The minimum atomic E-state index is -0.496. The highest BCUT2D eigenvalue weighted by Gasteiger charge is 2.12. The molecule has 0 aliphatic rings. The second-order valence-corrected chi connectivity index (χ2v) is 4.11. The Labute approximate surface area is 103 Å². The third-order valence-corrected chi connectivity index (χ3v) is 3.01. The van der Waals surface area contributed by atoms with Crippen LogP contribution in [0.1, 0.15) is 10.4 Å².